The van der Waals surface area contributed by atoms with Crippen LogP contribution in [0.2, 0.25) is 0 Å². The molecule has 0 spiro atoms. The van der Waals surface area contributed by atoms with E-state index in [1.165, 1.54) is 17.6 Å². The number of anilines is 1. The van der Waals surface area contributed by atoms with Crippen molar-refractivity contribution in [3.05, 3.63) is 29.8 Å². The van der Waals surface area contributed by atoms with Crippen LogP contribution in [0.4, 0.5) is 5.69 Å². The summed E-state index contributed by atoms with van der Waals surface area (Å²) in [6, 6.07) is 8.02. The molecule has 2 rings (SSSR count). The van der Waals surface area contributed by atoms with Crippen LogP contribution in [-0.2, 0) is 14.3 Å². The lowest BCUT2D eigenvalue weighted by molar-refractivity contribution is -0.897. The number of methoxy groups -OCH3 is 1. The number of nitrogens with one attached hydrogen (secondary N) is 2. The minimum atomic E-state index is -0.124. The molecule has 1 aliphatic rings. The largest absolute Gasteiger partial charge is 0.469 e. The SMILES string of the molecule is CC[C@H](C)c1ccccc1NC(=O)C[NH+]1CCC(C(=O)OC)CC1. The number of hydrogen-bond acceptors (Lipinski definition) is 3. The molecule has 1 heterocycles. The quantitative estimate of drug-likeness (QED) is 0.778. The van der Waals surface area contributed by atoms with E-state index in [4.69, 9.17) is 4.74 Å². The summed E-state index contributed by atoms with van der Waals surface area (Å²) < 4.78 is 4.80. The van der Waals surface area contributed by atoms with Crippen molar-refractivity contribution in [2.24, 2.45) is 5.92 Å². The molecule has 5 nitrogen and oxygen atoms in total. The number of carbonyl (C=O) groups excluding carboxylic acids is 2. The second-order valence-electron chi connectivity index (χ2n) is 6.67. The minimum absolute atomic E-state index is 0.00654. The lowest BCUT2D eigenvalue weighted by Crippen LogP contribution is -3.14. The molecule has 5 heteroatoms. The van der Waals surface area contributed by atoms with Crippen LogP contribution in [0.1, 0.15) is 44.6 Å². The van der Waals surface area contributed by atoms with E-state index in [-0.39, 0.29) is 17.8 Å². The van der Waals surface area contributed by atoms with Crippen LogP contribution in [0.25, 0.3) is 0 Å². The van der Waals surface area contributed by atoms with Gasteiger partial charge >= 0.3 is 5.97 Å². The number of piperidine rings is 1. The van der Waals surface area contributed by atoms with Gasteiger partial charge in [0.2, 0.25) is 0 Å². The Morgan fingerprint density at radius 1 is 1.29 bits per heavy atom. The number of likely N-dealkylation sites (tertiary alicyclic amines) is 1. The molecule has 24 heavy (non-hydrogen) atoms. The fraction of sp³-hybridized carbons (Fsp3) is 0.579. The highest BCUT2D eigenvalue weighted by atomic mass is 16.5. The van der Waals surface area contributed by atoms with E-state index in [1.54, 1.807) is 0 Å². The van der Waals surface area contributed by atoms with Crippen molar-refractivity contribution < 1.29 is 19.2 Å². The molecule has 2 N–H and O–H groups in total. The molecule has 0 aromatic heterocycles. The third kappa shape index (κ3) is 4.81. The van der Waals surface area contributed by atoms with Crippen molar-refractivity contribution in [2.75, 3.05) is 32.1 Å². The highest BCUT2D eigenvalue weighted by molar-refractivity contribution is 5.92. The van der Waals surface area contributed by atoms with Gasteiger partial charge in [-0.3, -0.25) is 9.59 Å². The van der Waals surface area contributed by atoms with Gasteiger partial charge in [-0.1, -0.05) is 32.0 Å². The van der Waals surface area contributed by atoms with Crippen molar-refractivity contribution in [2.45, 2.75) is 39.0 Å². The number of benzene rings is 1. The maximum absolute atomic E-state index is 12.4. The highest BCUT2D eigenvalue weighted by Crippen LogP contribution is 2.26. The van der Waals surface area contributed by atoms with Crippen LogP contribution >= 0.6 is 0 Å². The first-order valence-electron chi connectivity index (χ1n) is 8.85. The molecule has 1 aliphatic heterocycles. The molecule has 1 atom stereocenters. The Morgan fingerprint density at radius 3 is 2.58 bits per heavy atom. The molecule has 1 aromatic carbocycles. The van der Waals surface area contributed by atoms with Gasteiger partial charge in [-0.15, -0.1) is 0 Å². The fourth-order valence-electron chi connectivity index (χ4n) is 3.29. The smallest absolute Gasteiger partial charge is 0.309 e. The molecule has 0 unspecified atom stereocenters. The van der Waals surface area contributed by atoms with Crippen molar-refractivity contribution in [3.8, 4) is 0 Å². The van der Waals surface area contributed by atoms with Gasteiger partial charge in [0.15, 0.2) is 6.54 Å². The minimum Gasteiger partial charge on any atom is -0.469 e. The second kappa shape index (κ2) is 8.83. The van der Waals surface area contributed by atoms with Gasteiger partial charge in [-0.25, -0.2) is 0 Å². The fourth-order valence-corrected chi connectivity index (χ4v) is 3.29. The number of esters is 1. The topological polar surface area (TPSA) is 59.8 Å². The van der Waals surface area contributed by atoms with E-state index in [0.717, 1.165) is 38.0 Å². The molecular weight excluding hydrogens is 304 g/mol. The zero-order valence-corrected chi connectivity index (χ0v) is 14.9. The number of amides is 1. The van der Waals surface area contributed by atoms with E-state index in [1.807, 2.05) is 18.2 Å². The van der Waals surface area contributed by atoms with E-state index in [2.05, 4.69) is 25.2 Å². The van der Waals surface area contributed by atoms with Gasteiger partial charge in [0.25, 0.3) is 5.91 Å². The van der Waals surface area contributed by atoms with Gasteiger partial charge < -0.3 is 15.0 Å². The standard InChI is InChI=1S/C19H28N2O3/c1-4-14(2)16-7-5-6-8-17(16)20-18(22)13-21-11-9-15(10-12-21)19(23)24-3/h5-8,14-15H,4,9-13H2,1-3H3,(H,20,22)/p+1/t14-/m0/s1. The lowest BCUT2D eigenvalue weighted by atomic mass is 9.96. The Bertz CT molecular complexity index is 565. The summed E-state index contributed by atoms with van der Waals surface area (Å²) >= 11 is 0. The van der Waals surface area contributed by atoms with Crippen LogP contribution in [0.5, 0.6) is 0 Å². The Morgan fingerprint density at radius 2 is 1.96 bits per heavy atom. The molecule has 1 amide bonds. The predicted octanol–water partition coefficient (Wildman–Crippen LogP) is 1.61. The molecule has 1 saturated heterocycles. The van der Waals surface area contributed by atoms with Crippen molar-refractivity contribution in [1.82, 2.24) is 0 Å². The van der Waals surface area contributed by atoms with Gasteiger partial charge in [-0.05, 0) is 24.0 Å². The molecule has 0 aliphatic carbocycles. The number of para-hydroxylation sites is 1. The Hall–Kier alpha value is -1.88. The summed E-state index contributed by atoms with van der Waals surface area (Å²) in [6.07, 6.45) is 2.62. The highest BCUT2D eigenvalue weighted by Gasteiger charge is 2.29. The maximum Gasteiger partial charge on any atom is 0.309 e. The van der Waals surface area contributed by atoms with Gasteiger partial charge in [-0.2, -0.15) is 0 Å². The van der Waals surface area contributed by atoms with Crippen molar-refractivity contribution in [3.63, 3.8) is 0 Å². The summed E-state index contributed by atoms with van der Waals surface area (Å²) in [4.78, 5) is 25.2. The first kappa shape index (κ1) is 18.5. The molecule has 1 aromatic rings. The predicted molar refractivity (Wildman–Crippen MR) is 94.1 cm³/mol. The number of carbonyl (C=O) groups is 2. The number of hydrogen-bond donors (Lipinski definition) is 2. The van der Waals surface area contributed by atoms with Crippen LogP contribution in [-0.4, -0.2) is 38.6 Å². The molecule has 0 bridgehead atoms. The summed E-state index contributed by atoms with van der Waals surface area (Å²) in [5, 5.41) is 3.07. The summed E-state index contributed by atoms with van der Waals surface area (Å²) in [5.74, 6) is 0.329. The van der Waals surface area contributed by atoms with Crippen molar-refractivity contribution >= 4 is 17.6 Å². The molecule has 1 fully saturated rings. The van der Waals surface area contributed by atoms with Crippen LogP contribution < -0.4 is 10.2 Å². The van der Waals surface area contributed by atoms with Gasteiger partial charge in [0.05, 0.1) is 26.1 Å². The Labute approximate surface area is 144 Å². The first-order chi connectivity index (χ1) is 11.5. The number of rotatable bonds is 6. The maximum atomic E-state index is 12.4. The van der Waals surface area contributed by atoms with E-state index >= 15 is 0 Å². The van der Waals surface area contributed by atoms with Crippen LogP contribution in [0, 0.1) is 5.92 Å². The first-order valence-corrected chi connectivity index (χ1v) is 8.85. The third-order valence-corrected chi connectivity index (χ3v) is 5.02. The third-order valence-electron chi connectivity index (χ3n) is 5.02. The second-order valence-corrected chi connectivity index (χ2v) is 6.67. The lowest BCUT2D eigenvalue weighted by Gasteiger charge is -2.27. The Kier molecular flexibility index (Phi) is 6.79. The van der Waals surface area contributed by atoms with Gasteiger partial charge in [0, 0.05) is 18.5 Å². The summed E-state index contributed by atoms with van der Waals surface area (Å²) in [5.41, 5.74) is 2.11. The molecule has 132 valence electrons. The number of ether oxygens (including phenoxy) is 1. The average Bonchev–Trinajstić information content (AvgIpc) is 2.61. The van der Waals surface area contributed by atoms with Crippen molar-refractivity contribution in [1.29, 1.82) is 0 Å². The zero-order chi connectivity index (χ0) is 17.5. The average molecular weight is 333 g/mol. The van der Waals surface area contributed by atoms with E-state index < -0.39 is 0 Å². The van der Waals surface area contributed by atoms with Gasteiger partial charge in [0.1, 0.15) is 0 Å². The van der Waals surface area contributed by atoms with E-state index in [0.29, 0.717) is 12.5 Å². The monoisotopic (exact) mass is 333 g/mol. The Balaban J connectivity index is 1.88. The molecule has 0 saturated carbocycles. The molecular formula is C19H29N2O3+. The number of quaternary nitrogens is 1. The normalized spacial score (nSPS) is 21.8. The zero-order valence-electron chi connectivity index (χ0n) is 14.9. The van der Waals surface area contributed by atoms with E-state index in [9.17, 15) is 9.59 Å². The van der Waals surface area contributed by atoms with Crippen LogP contribution in [0.15, 0.2) is 24.3 Å². The van der Waals surface area contributed by atoms with Crippen LogP contribution in [0.3, 0.4) is 0 Å². The summed E-state index contributed by atoms with van der Waals surface area (Å²) in [6.45, 7) is 6.44. The summed E-state index contributed by atoms with van der Waals surface area (Å²) in [7, 11) is 1.43. The molecule has 0 radical (unpaired) electrons.